The van der Waals surface area contributed by atoms with Crippen LogP contribution < -0.4 is 5.73 Å². The summed E-state index contributed by atoms with van der Waals surface area (Å²) in [5.41, 5.74) is 7.90. The number of carbonyl (C=O) groups is 2. The summed E-state index contributed by atoms with van der Waals surface area (Å²) in [5.74, 6) is -0.192. The van der Waals surface area contributed by atoms with Gasteiger partial charge >= 0.3 is 0 Å². The Hall–Kier alpha value is -1.88. The monoisotopic (exact) mass is 303 g/mol. The van der Waals surface area contributed by atoms with Gasteiger partial charge in [0.1, 0.15) is 0 Å². The molecule has 0 radical (unpaired) electrons. The fraction of sp³-hybridized carbons (Fsp3) is 0.529. The van der Waals surface area contributed by atoms with Crippen molar-refractivity contribution in [3.63, 3.8) is 0 Å². The van der Waals surface area contributed by atoms with Crippen LogP contribution in [0.5, 0.6) is 0 Å². The molecule has 0 aliphatic carbocycles. The molecule has 0 spiro atoms. The maximum Gasteiger partial charge on any atom is 0.228 e. The highest BCUT2D eigenvalue weighted by atomic mass is 16.2. The molecule has 1 aliphatic rings. The molecule has 1 aliphatic heterocycles. The van der Waals surface area contributed by atoms with Crippen molar-refractivity contribution in [3.05, 3.63) is 35.4 Å². The highest BCUT2D eigenvalue weighted by Crippen LogP contribution is 2.22. The summed E-state index contributed by atoms with van der Waals surface area (Å²) >= 11 is 0. The van der Waals surface area contributed by atoms with Gasteiger partial charge in [0, 0.05) is 39.1 Å². The summed E-state index contributed by atoms with van der Waals surface area (Å²) in [5, 5.41) is 0. The molecule has 2 N–H and O–H groups in total. The van der Waals surface area contributed by atoms with Crippen LogP contribution >= 0.6 is 0 Å². The Morgan fingerprint density at radius 3 is 2.64 bits per heavy atom. The van der Waals surface area contributed by atoms with Crippen LogP contribution in [0.3, 0.4) is 0 Å². The van der Waals surface area contributed by atoms with E-state index in [1.54, 1.807) is 16.8 Å². The molecule has 0 bridgehead atoms. The number of hydrogen-bond donors (Lipinski definition) is 1. The molecule has 1 saturated heterocycles. The van der Waals surface area contributed by atoms with Gasteiger partial charge in [0.15, 0.2) is 0 Å². The largest absolute Gasteiger partial charge is 0.341 e. The van der Waals surface area contributed by atoms with Gasteiger partial charge in [-0.3, -0.25) is 9.59 Å². The van der Waals surface area contributed by atoms with Crippen molar-refractivity contribution in [3.8, 4) is 0 Å². The average molecular weight is 303 g/mol. The summed E-state index contributed by atoms with van der Waals surface area (Å²) in [6.07, 6.45) is 0.298. The first kappa shape index (κ1) is 16.5. The van der Waals surface area contributed by atoms with Gasteiger partial charge in [-0.2, -0.15) is 0 Å². The van der Waals surface area contributed by atoms with Crippen LogP contribution in [0.1, 0.15) is 24.5 Å². The Morgan fingerprint density at radius 1 is 1.41 bits per heavy atom. The number of benzene rings is 1. The highest BCUT2D eigenvalue weighted by molar-refractivity contribution is 5.89. The molecule has 22 heavy (non-hydrogen) atoms. The number of carbonyl (C=O) groups excluding carboxylic acids is 2. The van der Waals surface area contributed by atoms with Crippen molar-refractivity contribution in [1.29, 1.82) is 0 Å². The summed E-state index contributed by atoms with van der Waals surface area (Å²) in [7, 11) is 1.76. The molecule has 2 unspecified atom stereocenters. The minimum absolute atomic E-state index is 0.00579. The van der Waals surface area contributed by atoms with E-state index < -0.39 is 0 Å². The summed E-state index contributed by atoms with van der Waals surface area (Å²) in [6.45, 7) is 5.44. The van der Waals surface area contributed by atoms with E-state index >= 15 is 0 Å². The number of amides is 2. The third-order valence-corrected chi connectivity index (χ3v) is 4.41. The molecule has 2 atom stereocenters. The second kappa shape index (κ2) is 6.92. The lowest BCUT2D eigenvalue weighted by molar-refractivity contribution is -0.136. The van der Waals surface area contributed by atoms with E-state index in [1.807, 2.05) is 38.1 Å². The lowest BCUT2D eigenvalue weighted by atomic mass is 10.1. The van der Waals surface area contributed by atoms with Gasteiger partial charge in [0.05, 0.1) is 5.92 Å². The minimum Gasteiger partial charge on any atom is -0.341 e. The molecule has 1 fully saturated rings. The van der Waals surface area contributed by atoms with Crippen LogP contribution in [0, 0.1) is 12.8 Å². The van der Waals surface area contributed by atoms with Crippen LogP contribution in [0.4, 0.5) is 0 Å². The van der Waals surface area contributed by atoms with E-state index in [0.717, 1.165) is 5.56 Å². The van der Waals surface area contributed by atoms with Gasteiger partial charge in [0.2, 0.25) is 11.8 Å². The Morgan fingerprint density at radius 2 is 2.05 bits per heavy atom. The maximum atomic E-state index is 12.4. The first-order chi connectivity index (χ1) is 10.4. The van der Waals surface area contributed by atoms with E-state index in [-0.39, 0.29) is 23.8 Å². The van der Waals surface area contributed by atoms with E-state index in [4.69, 9.17) is 5.73 Å². The van der Waals surface area contributed by atoms with Crippen LogP contribution in [-0.2, 0) is 16.1 Å². The summed E-state index contributed by atoms with van der Waals surface area (Å²) in [6, 6.07) is 8.12. The van der Waals surface area contributed by atoms with E-state index in [2.05, 4.69) is 0 Å². The van der Waals surface area contributed by atoms with Gasteiger partial charge in [-0.1, -0.05) is 29.8 Å². The number of likely N-dealkylation sites (tertiary alicyclic amines) is 1. The number of rotatable bonds is 5. The second-order valence-corrected chi connectivity index (χ2v) is 6.19. The van der Waals surface area contributed by atoms with E-state index in [9.17, 15) is 9.59 Å². The van der Waals surface area contributed by atoms with Crippen LogP contribution in [0.15, 0.2) is 24.3 Å². The molecule has 5 heteroatoms. The van der Waals surface area contributed by atoms with Crippen molar-refractivity contribution >= 4 is 11.8 Å². The number of hydrogen-bond acceptors (Lipinski definition) is 3. The SMILES string of the molecule is Cc1ccc(CN2CC(C(=O)N(C)C(C)CN)CC2=O)cc1. The number of nitrogens with zero attached hydrogens (tertiary/aromatic N) is 2. The van der Waals surface area contributed by atoms with Gasteiger partial charge in [-0.15, -0.1) is 0 Å². The number of nitrogens with two attached hydrogens (primary N) is 1. The third-order valence-electron chi connectivity index (χ3n) is 4.41. The average Bonchev–Trinajstić information content (AvgIpc) is 2.88. The van der Waals surface area contributed by atoms with Crippen molar-refractivity contribution in [2.75, 3.05) is 20.1 Å². The van der Waals surface area contributed by atoms with Crippen molar-refractivity contribution in [2.45, 2.75) is 32.9 Å². The molecule has 1 heterocycles. The molecule has 1 aromatic carbocycles. The molecule has 2 rings (SSSR count). The van der Waals surface area contributed by atoms with E-state index in [0.29, 0.717) is 26.1 Å². The number of aryl methyl sites for hydroxylation is 1. The van der Waals surface area contributed by atoms with Crippen molar-refractivity contribution in [1.82, 2.24) is 9.80 Å². The van der Waals surface area contributed by atoms with Gasteiger partial charge in [-0.25, -0.2) is 0 Å². The molecule has 2 amide bonds. The molecular weight excluding hydrogens is 278 g/mol. The number of likely N-dealkylation sites (N-methyl/N-ethyl adjacent to an activating group) is 1. The smallest absolute Gasteiger partial charge is 0.228 e. The topological polar surface area (TPSA) is 66.6 Å². The zero-order valence-electron chi connectivity index (χ0n) is 13.6. The lowest BCUT2D eigenvalue weighted by Crippen LogP contribution is -2.43. The van der Waals surface area contributed by atoms with E-state index in [1.165, 1.54) is 5.56 Å². The normalized spacial score (nSPS) is 19.4. The molecule has 5 nitrogen and oxygen atoms in total. The zero-order valence-corrected chi connectivity index (χ0v) is 13.6. The Balaban J connectivity index is 1.98. The Kier molecular flexibility index (Phi) is 5.19. The Bertz CT molecular complexity index is 541. The molecule has 0 saturated carbocycles. The van der Waals surface area contributed by atoms with Crippen molar-refractivity contribution < 1.29 is 9.59 Å². The highest BCUT2D eigenvalue weighted by Gasteiger charge is 2.36. The third kappa shape index (κ3) is 3.65. The predicted octanol–water partition coefficient (Wildman–Crippen LogP) is 1.15. The van der Waals surface area contributed by atoms with Crippen LogP contribution in [-0.4, -0.2) is 47.8 Å². The van der Waals surface area contributed by atoms with Gasteiger partial charge in [0.25, 0.3) is 0 Å². The fourth-order valence-electron chi connectivity index (χ4n) is 2.67. The second-order valence-electron chi connectivity index (χ2n) is 6.19. The first-order valence-corrected chi connectivity index (χ1v) is 7.72. The molecule has 120 valence electrons. The zero-order chi connectivity index (χ0) is 16.3. The molecule has 1 aromatic rings. The fourth-order valence-corrected chi connectivity index (χ4v) is 2.67. The summed E-state index contributed by atoms with van der Waals surface area (Å²) < 4.78 is 0. The lowest BCUT2D eigenvalue weighted by Gasteiger charge is -2.26. The van der Waals surface area contributed by atoms with Crippen LogP contribution in [0.2, 0.25) is 0 Å². The predicted molar refractivity (Wildman–Crippen MR) is 86.0 cm³/mol. The Labute approximate surface area is 132 Å². The quantitative estimate of drug-likeness (QED) is 0.887. The maximum absolute atomic E-state index is 12.4. The minimum atomic E-state index is -0.253. The van der Waals surface area contributed by atoms with Gasteiger partial charge in [-0.05, 0) is 19.4 Å². The summed E-state index contributed by atoms with van der Waals surface area (Å²) in [4.78, 5) is 28.0. The van der Waals surface area contributed by atoms with Crippen molar-refractivity contribution in [2.24, 2.45) is 11.7 Å². The van der Waals surface area contributed by atoms with Crippen LogP contribution in [0.25, 0.3) is 0 Å². The first-order valence-electron chi connectivity index (χ1n) is 7.72. The molecular formula is C17H25N3O2. The standard InChI is InChI=1S/C17H25N3O2/c1-12-4-6-14(7-5-12)10-20-11-15(8-16(20)21)17(22)19(3)13(2)9-18/h4-7,13,15H,8-11,18H2,1-3H3. The molecule has 0 aromatic heterocycles. The van der Waals surface area contributed by atoms with Gasteiger partial charge < -0.3 is 15.5 Å².